The predicted octanol–water partition coefficient (Wildman–Crippen LogP) is 3.63. The highest BCUT2D eigenvalue weighted by Crippen LogP contribution is 2.15. The normalized spacial score (nSPS) is 11.2. The van der Waals surface area contributed by atoms with Crippen LogP contribution in [0.1, 0.15) is 34.5 Å². The van der Waals surface area contributed by atoms with Gasteiger partial charge in [0.2, 0.25) is 0 Å². The first-order valence-corrected chi connectivity index (χ1v) is 8.98. The highest BCUT2D eigenvalue weighted by Gasteiger charge is 2.02. The molecule has 0 unspecified atom stereocenters. The first-order valence-electron chi connectivity index (χ1n) is 8.17. The molecule has 0 aromatic carbocycles. The Morgan fingerprint density at radius 2 is 2.04 bits per heavy atom. The second-order valence-electron chi connectivity index (χ2n) is 5.64. The summed E-state index contributed by atoms with van der Waals surface area (Å²) in [6.45, 7) is 11.7. The lowest BCUT2D eigenvalue weighted by atomic mass is 10.4. The molecule has 2 N–H and O–H groups in total. The number of thiophene rings is 1. The van der Waals surface area contributed by atoms with Crippen LogP contribution in [0.25, 0.3) is 0 Å². The summed E-state index contributed by atoms with van der Waals surface area (Å²) in [4.78, 5) is 7.27. The number of aromatic nitrogens is 2. The van der Waals surface area contributed by atoms with E-state index in [-0.39, 0.29) is 24.0 Å². The zero-order valence-electron chi connectivity index (χ0n) is 14.9. The van der Waals surface area contributed by atoms with Crippen molar-refractivity contribution < 1.29 is 0 Å². The number of hydrogen-bond donors (Lipinski definition) is 2. The zero-order valence-corrected chi connectivity index (χ0v) is 18.1. The number of guanidine groups is 1. The number of nitrogens with zero attached hydrogens (tertiary/aromatic N) is 3. The average molecular weight is 461 g/mol. The molecule has 0 aliphatic heterocycles. The molecular weight excluding hydrogens is 433 g/mol. The molecule has 2 aromatic heterocycles. The quantitative estimate of drug-likeness (QED) is 0.287. The van der Waals surface area contributed by atoms with Gasteiger partial charge in [0.05, 0.1) is 12.2 Å². The lowest BCUT2D eigenvalue weighted by molar-refractivity contribution is 0.555. The molecule has 0 spiro atoms. The topological polar surface area (TPSA) is 54.2 Å². The molecule has 2 aromatic rings. The molecule has 0 amide bonds. The van der Waals surface area contributed by atoms with Crippen LogP contribution in [-0.2, 0) is 13.1 Å². The summed E-state index contributed by atoms with van der Waals surface area (Å²) < 4.78 is 2.06. The van der Waals surface area contributed by atoms with Crippen LogP contribution in [0.5, 0.6) is 0 Å². The van der Waals surface area contributed by atoms with Crippen LogP contribution in [0.4, 0.5) is 0 Å². The molecule has 2 rings (SSSR count). The molecule has 0 saturated carbocycles. The van der Waals surface area contributed by atoms with E-state index < -0.39 is 0 Å². The van der Waals surface area contributed by atoms with Crippen molar-refractivity contribution in [1.29, 1.82) is 0 Å². The van der Waals surface area contributed by atoms with E-state index in [0.29, 0.717) is 0 Å². The molecule has 2 heterocycles. The molecular formula is C17H28IN5S. The van der Waals surface area contributed by atoms with Gasteiger partial charge in [0.1, 0.15) is 0 Å². The van der Waals surface area contributed by atoms with Crippen LogP contribution < -0.4 is 10.6 Å². The zero-order chi connectivity index (χ0) is 16.7. The van der Waals surface area contributed by atoms with E-state index >= 15 is 0 Å². The molecule has 134 valence electrons. The predicted molar refractivity (Wildman–Crippen MR) is 114 cm³/mol. The van der Waals surface area contributed by atoms with Gasteiger partial charge in [0.25, 0.3) is 0 Å². The third-order valence-corrected chi connectivity index (χ3v) is 4.46. The summed E-state index contributed by atoms with van der Waals surface area (Å²) >= 11 is 1.80. The minimum atomic E-state index is 0. The van der Waals surface area contributed by atoms with Gasteiger partial charge < -0.3 is 10.6 Å². The monoisotopic (exact) mass is 461 g/mol. The fourth-order valence-corrected chi connectivity index (χ4v) is 3.22. The number of halogens is 1. The smallest absolute Gasteiger partial charge is 0.191 e. The molecule has 24 heavy (non-hydrogen) atoms. The maximum absolute atomic E-state index is 4.65. The van der Waals surface area contributed by atoms with E-state index in [1.165, 1.54) is 15.4 Å². The third-order valence-electron chi connectivity index (χ3n) is 3.48. The second-order valence-corrected chi connectivity index (χ2v) is 7.01. The minimum Gasteiger partial charge on any atom is -0.357 e. The van der Waals surface area contributed by atoms with Crippen molar-refractivity contribution in [2.24, 2.45) is 4.99 Å². The van der Waals surface area contributed by atoms with Gasteiger partial charge in [-0.2, -0.15) is 5.10 Å². The van der Waals surface area contributed by atoms with Crippen molar-refractivity contribution in [2.75, 3.05) is 13.1 Å². The Morgan fingerprint density at radius 1 is 1.25 bits per heavy atom. The Kier molecular flexibility index (Phi) is 9.35. The summed E-state index contributed by atoms with van der Waals surface area (Å²) in [5, 5.41) is 11.2. The fourth-order valence-electron chi connectivity index (χ4n) is 2.41. The summed E-state index contributed by atoms with van der Waals surface area (Å²) in [7, 11) is 0. The van der Waals surface area contributed by atoms with Crippen molar-refractivity contribution in [1.82, 2.24) is 20.4 Å². The molecule has 0 aliphatic rings. The Hall–Kier alpha value is -1.09. The largest absolute Gasteiger partial charge is 0.357 e. The number of nitrogens with one attached hydrogen (secondary N) is 2. The molecule has 0 atom stereocenters. The first kappa shape index (κ1) is 21.0. The van der Waals surface area contributed by atoms with Crippen LogP contribution in [0, 0.1) is 20.8 Å². The van der Waals surface area contributed by atoms with Gasteiger partial charge in [-0.1, -0.05) is 0 Å². The van der Waals surface area contributed by atoms with Crippen molar-refractivity contribution in [2.45, 2.75) is 47.2 Å². The van der Waals surface area contributed by atoms with Crippen molar-refractivity contribution in [3.8, 4) is 0 Å². The van der Waals surface area contributed by atoms with E-state index in [2.05, 4.69) is 64.4 Å². The van der Waals surface area contributed by atoms with Crippen molar-refractivity contribution in [3.63, 3.8) is 0 Å². The minimum absolute atomic E-state index is 0. The number of aliphatic imine (C=N–C) groups is 1. The Labute approximate surface area is 166 Å². The van der Waals surface area contributed by atoms with Crippen LogP contribution in [0.3, 0.4) is 0 Å². The maximum atomic E-state index is 4.65. The van der Waals surface area contributed by atoms with Gasteiger partial charge in [-0.3, -0.25) is 4.68 Å². The number of hydrogen-bond acceptors (Lipinski definition) is 3. The SMILES string of the molecule is CCNC(=NCc1ccc(C)s1)NCCCn1nc(C)cc1C.I. The van der Waals surface area contributed by atoms with E-state index in [9.17, 15) is 0 Å². The van der Waals surface area contributed by atoms with E-state index in [1.54, 1.807) is 11.3 Å². The standard InChI is InChI=1S/C17H27N5S.HI/c1-5-18-17(20-12-16-8-7-15(4)23-16)19-9-6-10-22-14(3)11-13(2)21-22;/h7-8,11H,5-6,9-10,12H2,1-4H3,(H2,18,19,20);1H. The number of rotatable bonds is 7. The molecule has 0 radical (unpaired) electrons. The molecule has 0 saturated heterocycles. The molecule has 0 aliphatic carbocycles. The highest BCUT2D eigenvalue weighted by molar-refractivity contribution is 14.0. The van der Waals surface area contributed by atoms with Gasteiger partial charge in [-0.25, -0.2) is 4.99 Å². The molecule has 0 bridgehead atoms. The maximum Gasteiger partial charge on any atom is 0.191 e. The van der Waals surface area contributed by atoms with E-state index in [0.717, 1.165) is 44.3 Å². The Morgan fingerprint density at radius 3 is 2.62 bits per heavy atom. The summed E-state index contributed by atoms with van der Waals surface area (Å²) in [5.41, 5.74) is 2.30. The lowest BCUT2D eigenvalue weighted by Gasteiger charge is -2.11. The average Bonchev–Trinajstić information content (AvgIpc) is 3.06. The Bertz CT molecular complexity index is 647. The third kappa shape index (κ3) is 6.80. The number of aryl methyl sites for hydroxylation is 4. The van der Waals surface area contributed by atoms with Gasteiger partial charge in [0, 0.05) is 35.1 Å². The van der Waals surface area contributed by atoms with Crippen LogP contribution in [-0.4, -0.2) is 28.8 Å². The van der Waals surface area contributed by atoms with Crippen LogP contribution in [0.2, 0.25) is 0 Å². The Balaban J connectivity index is 0.00000288. The summed E-state index contributed by atoms with van der Waals surface area (Å²) in [5.74, 6) is 0.881. The van der Waals surface area contributed by atoms with Crippen LogP contribution in [0.15, 0.2) is 23.2 Å². The van der Waals surface area contributed by atoms with Gasteiger partial charge in [-0.15, -0.1) is 35.3 Å². The lowest BCUT2D eigenvalue weighted by Crippen LogP contribution is -2.38. The van der Waals surface area contributed by atoms with E-state index in [1.807, 2.05) is 6.92 Å². The van der Waals surface area contributed by atoms with Crippen molar-refractivity contribution >= 4 is 41.3 Å². The fraction of sp³-hybridized carbons (Fsp3) is 0.529. The van der Waals surface area contributed by atoms with Crippen molar-refractivity contribution in [3.05, 3.63) is 39.3 Å². The van der Waals surface area contributed by atoms with Gasteiger partial charge >= 0.3 is 0 Å². The molecule has 5 nitrogen and oxygen atoms in total. The van der Waals surface area contributed by atoms with Gasteiger partial charge in [-0.05, 0) is 52.3 Å². The highest BCUT2D eigenvalue weighted by atomic mass is 127. The summed E-state index contributed by atoms with van der Waals surface area (Å²) in [6.07, 6.45) is 1.02. The van der Waals surface area contributed by atoms with Crippen LogP contribution >= 0.6 is 35.3 Å². The second kappa shape index (κ2) is 10.7. The first-order chi connectivity index (χ1) is 11.1. The molecule has 7 heteroatoms. The van der Waals surface area contributed by atoms with Gasteiger partial charge in [0.15, 0.2) is 5.96 Å². The summed E-state index contributed by atoms with van der Waals surface area (Å²) in [6, 6.07) is 6.40. The molecule has 0 fully saturated rings. The van der Waals surface area contributed by atoms with E-state index in [4.69, 9.17) is 0 Å².